The van der Waals surface area contributed by atoms with Gasteiger partial charge in [0.1, 0.15) is 11.9 Å². The smallest absolute Gasteiger partial charge is 0.247 e. The number of halogens is 1. The first-order valence-corrected chi connectivity index (χ1v) is 6.40. The minimum absolute atomic E-state index is 0.264. The molecule has 4 nitrogen and oxygen atoms in total. The molecule has 104 valence electrons. The Balaban J connectivity index is 2.48. The van der Waals surface area contributed by atoms with E-state index in [0.717, 1.165) is 0 Å². The van der Waals surface area contributed by atoms with Crippen LogP contribution in [0.2, 0.25) is 0 Å². The molecule has 1 aliphatic heterocycles. The van der Waals surface area contributed by atoms with Crippen molar-refractivity contribution >= 4 is 11.6 Å². The lowest BCUT2D eigenvalue weighted by atomic mass is 9.97. The fourth-order valence-corrected chi connectivity index (χ4v) is 2.43. The minimum atomic E-state index is -0.679. The van der Waals surface area contributed by atoms with Crippen molar-refractivity contribution in [3.05, 3.63) is 30.1 Å². The molecule has 1 fully saturated rings. The standard InChI is InChI=1S/C14H19FN2O2/c1-14(2)7-8-16-11(9-18)13(19)17(14)12-6-4-3-5-10(12)15/h3-6,11,16,18H,7-9H2,1-2H3. The minimum Gasteiger partial charge on any atom is -0.394 e. The van der Waals surface area contributed by atoms with Gasteiger partial charge in [-0.15, -0.1) is 0 Å². The van der Waals surface area contributed by atoms with Crippen LogP contribution in [0.1, 0.15) is 20.3 Å². The van der Waals surface area contributed by atoms with E-state index in [1.807, 2.05) is 13.8 Å². The number of carbonyl (C=O) groups is 1. The maximum Gasteiger partial charge on any atom is 0.247 e. The molecule has 1 saturated heterocycles. The highest BCUT2D eigenvalue weighted by atomic mass is 19.1. The Morgan fingerprint density at radius 2 is 2.16 bits per heavy atom. The monoisotopic (exact) mass is 266 g/mol. The zero-order chi connectivity index (χ0) is 14.0. The van der Waals surface area contributed by atoms with Crippen LogP contribution in [0, 0.1) is 5.82 Å². The zero-order valence-corrected chi connectivity index (χ0v) is 11.2. The third kappa shape index (κ3) is 2.62. The van der Waals surface area contributed by atoms with E-state index in [1.54, 1.807) is 18.2 Å². The number of hydrogen-bond donors (Lipinski definition) is 2. The van der Waals surface area contributed by atoms with E-state index < -0.39 is 17.4 Å². The van der Waals surface area contributed by atoms with Crippen molar-refractivity contribution in [2.24, 2.45) is 0 Å². The Bertz CT molecular complexity index is 476. The molecule has 1 atom stereocenters. The normalized spacial score (nSPS) is 23.3. The fourth-order valence-electron chi connectivity index (χ4n) is 2.43. The summed E-state index contributed by atoms with van der Waals surface area (Å²) in [6.07, 6.45) is 0.684. The van der Waals surface area contributed by atoms with Gasteiger partial charge in [0.2, 0.25) is 5.91 Å². The molecular formula is C14H19FN2O2. The highest BCUT2D eigenvalue weighted by Gasteiger charge is 2.39. The van der Waals surface area contributed by atoms with Crippen molar-refractivity contribution in [3.8, 4) is 0 Å². The van der Waals surface area contributed by atoms with Crippen LogP contribution in [-0.2, 0) is 4.79 Å². The van der Waals surface area contributed by atoms with E-state index in [2.05, 4.69) is 5.32 Å². The molecule has 1 aliphatic rings. The van der Waals surface area contributed by atoms with Gasteiger partial charge in [-0.3, -0.25) is 4.79 Å². The van der Waals surface area contributed by atoms with Crippen LogP contribution in [0.3, 0.4) is 0 Å². The van der Waals surface area contributed by atoms with E-state index >= 15 is 0 Å². The Morgan fingerprint density at radius 1 is 1.47 bits per heavy atom. The van der Waals surface area contributed by atoms with Gasteiger partial charge in [-0.2, -0.15) is 0 Å². The summed E-state index contributed by atoms with van der Waals surface area (Å²) >= 11 is 0. The van der Waals surface area contributed by atoms with Gasteiger partial charge in [-0.25, -0.2) is 4.39 Å². The molecule has 5 heteroatoms. The number of benzene rings is 1. The van der Waals surface area contributed by atoms with Gasteiger partial charge in [0, 0.05) is 5.54 Å². The van der Waals surface area contributed by atoms with E-state index in [9.17, 15) is 14.3 Å². The molecule has 1 aromatic rings. The summed E-state index contributed by atoms with van der Waals surface area (Å²) in [5.74, 6) is -0.724. The van der Waals surface area contributed by atoms with E-state index in [1.165, 1.54) is 11.0 Å². The van der Waals surface area contributed by atoms with Crippen LogP contribution in [0.5, 0.6) is 0 Å². The third-order valence-corrected chi connectivity index (χ3v) is 3.53. The maximum absolute atomic E-state index is 14.0. The molecule has 1 amide bonds. The number of para-hydroxylation sites is 1. The molecule has 0 spiro atoms. The topological polar surface area (TPSA) is 52.6 Å². The fraction of sp³-hybridized carbons (Fsp3) is 0.500. The zero-order valence-electron chi connectivity index (χ0n) is 11.2. The number of aliphatic hydroxyl groups is 1. The van der Waals surface area contributed by atoms with Crippen molar-refractivity contribution in [1.29, 1.82) is 0 Å². The summed E-state index contributed by atoms with van der Waals surface area (Å²) in [5.41, 5.74) is -0.240. The average molecular weight is 266 g/mol. The number of anilines is 1. The van der Waals surface area contributed by atoms with Crippen LogP contribution in [0.25, 0.3) is 0 Å². The second-order valence-electron chi connectivity index (χ2n) is 5.38. The number of nitrogens with one attached hydrogen (secondary N) is 1. The van der Waals surface area contributed by atoms with E-state index in [4.69, 9.17) is 0 Å². The number of nitrogens with zero attached hydrogens (tertiary/aromatic N) is 1. The molecule has 0 bridgehead atoms. The van der Waals surface area contributed by atoms with Gasteiger partial charge < -0.3 is 15.3 Å². The highest BCUT2D eigenvalue weighted by Crippen LogP contribution is 2.30. The van der Waals surface area contributed by atoms with Crippen molar-refractivity contribution in [2.75, 3.05) is 18.1 Å². The molecule has 2 N–H and O–H groups in total. The van der Waals surface area contributed by atoms with Crippen molar-refractivity contribution < 1.29 is 14.3 Å². The van der Waals surface area contributed by atoms with Gasteiger partial charge in [0.05, 0.1) is 12.3 Å². The van der Waals surface area contributed by atoms with E-state index in [0.29, 0.717) is 13.0 Å². The number of amides is 1. The number of rotatable bonds is 2. The number of hydrogen-bond acceptors (Lipinski definition) is 3. The van der Waals surface area contributed by atoms with Gasteiger partial charge in [0.15, 0.2) is 0 Å². The molecule has 1 aromatic carbocycles. The van der Waals surface area contributed by atoms with Crippen molar-refractivity contribution in [2.45, 2.75) is 31.8 Å². The Hall–Kier alpha value is -1.46. The summed E-state index contributed by atoms with van der Waals surface area (Å²) in [6.45, 7) is 4.12. The average Bonchev–Trinajstić information content (AvgIpc) is 2.47. The second kappa shape index (κ2) is 5.27. The van der Waals surface area contributed by atoms with Gasteiger partial charge >= 0.3 is 0 Å². The summed E-state index contributed by atoms with van der Waals surface area (Å²) in [4.78, 5) is 13.9. The summed E-state index contributed by atoms with van der Waals surface area (Å²) < 4.78 is 14.0. The van der Waals surface area contributed by atoms with Crippen LogP contribution >= 0.6 is 0 Å². The first-order valence-electron chi connectivity index (χ1n) is 6.40. The van der Waals surface area contributed by atoms with Gasteiger partial charge in [-0.1, -0.05) is 12.1 Å². The van der Waals surface area contributed by atoms with Crippen molar-refractivity contribution in [1.82, 2.24) is 5.32 Å². The summed E-state index contributed by atoms with van der Waals surface area (Å²) in [7, 11) is 0. The predicted octanol–water partition coefficient (Wildman–Crippen LogP) is 1.29. The first kappa shape index (κ1) is 14.0. The molecule has 2 rings (SSSR count). The number of aliphatic hydroxyl groups excluding tert-OH is 1. The van der Waals surface area contributed by atoms with Crippen LogP contribution in [0.4, 0.5) is 10.1 Å². The lowest BCUT2D eigenvalue weighted by molar-refractivity contribution is -0.122. The first-order chi connectivity index (χ1) is 8.97. The molecule has 1 unspecified atom stereocenters. The Morgan fingerprint density at radius 3 is 2.79 bits per heavy atom. The van der Waals surface area contributed by atoms with Gasteiger partial charge in [0.25, 0.3) is 0 Å². The van der Waals surface area contributed by atoms with E-state index in [-0.39, 0.29) is 18.2 Å². The summed E-state index contributed by atoms with van der Waals surface area (Å²) in [6, 6.07) is 5.55. The van der Waals surface area contributed by atoms with Gasteiger partial charge in [-0.05, 0) is 38.9 Å². The quantitative estimate of drug-likeness (QED) is 0.848. The third-order valence-electron chi connectivity index (χ3n) is 3.53. The number of carbonyl (C=O) groups excluding carboxylic acids is 1. The maximum atomic E-state index is 14.0. The Labute approximate surface area is 112 Å². The molecule has 0 aromatic heterocycles. The molecule has 0 aliphatic carbocycles. The molecular weight excluding hydrogens is 247 g/mol. The molecule has 1 heterocycles. The predicted molar refractivity (Wildman–Crippen MR) is 71.5 cm³/mol. The molecule has 0 saturated carbocycles. The van der Waals surface area contributed by atoms with Crippen LogP contribution < -0.4 is 10.2 Å². The van der Waals surface area contributed by atoms with Crippen molar-refractivity contribution in [3.63, 3.8) is 0 Å². The van der Waals surface area contributed by atoms with Crippen LogP contribution in [-0.4, -0.2) is 35.7 Å². The molecule has 0 radical (unpaired) electrons. The highest BCUT2D eigenvalue weighted by molar-refractivity contribution is 5.98. The summed E-state index contributed by atoms with van der Waals surface area (Å²) in [5, 5.41) is 12.3. The lowest BCUT2D eigenvalue weighted by Gasteiger charge is -2.37. The largest absolute Gasteiger partial charge is 0.394 e. The SMILES string of the molecule is CC1(C)CCNC(CO)C(=O)N1c1ccccc1F. The Kier molecular flexibility index (Phi) is 3.87. The van der Waals surface area contributed by atoms with Crippen LogP contribution in [0.15, 0.2) is 24.3 Å². The second-order valence-corrected chi connectivity index (χ2v) is 5.38. The molecule has 19 heavy (non-hydrogen) atoms. The lowest BCUT2D eigenvalue weighted by Crippen LogP contribution is -2.52.